The standard InChI is InChI=1S/C22H20F6N6/c23-21(24,25)14-11-33-16(3-1-4-18(33)31-14)20(29)9-7-13(8-10-20)30-17-5-2-6-19-32-15(12-34(17)19)22(26,27)28/h1-6,11-13,30H,7-10,29H2. The zero-order valence-corrected chi connectivity index (χ0v) is 17.7. The van der Waals surface area contributed by atoms with E-state index in [4.69, 9.17) is 5.73 Å². The van der Waals surface area contributed by atoms with Crippen LogP contribution in [0.5, 0.6) is 0 Å². The molecule has 4 aromatic rings. The zero-order valence-electron chi connectivity index (χ0n) is 17.7. The van der Waals surface area contributed by atoms with E-state index in [2.05, 4.69) is 15.3 Å². The number of aromatic nitrogens is 4. The Morgan fingerprint density at radius 1 is 0.824 bits per heavy atom. The van der Waals surface area contributed by atoms with Gasteiger partial charge in [0.05, 0.1) is 5.54 Å². The third-order valence-electron chi connectivity index (χ3n) is 6.31. The summed E-state index contributed by atoms with van der Waals surface area (Å²) in [5.41, 5.74) is 4.72. The molecule has 12 heteroatoms. The number of nitrogens with zero attached hydrogens (tertiary/aromatic N) is 4. The van der Waals surface area contributed by atoms with Crippen LogP contribution in [0.25, 0.3) is 11.3 Å². The van der Waals surface area contributed by atoms with Crippen molar-refractivity contribution in [2.75, 3.05) is 5.32 Å². The van der Waals surface area contributed by atoms with Crippen LogP contribution in [0.1, 0.15) is 42.8 Å². The summed E-state index contributed by atoms with van der Waals surface area (Å²) in [4.78, 5) is 7.31. The van der Waals surface area contributed by atoms with E-state index in [0.29, 0.717) is 37.2 Å². The van der Waals surface area contributed by atoms with Crippen molar-refractivity contribution in [2.24, 2.45) is 5.73 Å². The van der Waals surface area contributed by atoms with Crippen molar-refractivity contribution in [3.63, 3.8) is 0 Å². The molecule has 4 aromatic heterocycles. The number of imidazole rings is 2. The van der Waals surface area contributed by atoms with Crippen LogP contribution in [-0.4, -0.2) is 24.8 Å². The van der Waals surface area contributed by atoms with Crippen LogP contribution < -0.4 is 11.1 Å². The van der Waals surface area contributed by atoms with Gasteiger partial charge in [-0.05, 0) is 49.9 Å². The predicted octanol–water partition coefficient (Wildman–Crippen LogP) is 5.23. The number of hydrogen-bond acceptors (Lipinski definition) is 4. The minimum Gasteiger partial charge on any atom is -0.368 e. The Labute approximate surface area is 189 Å². The normalized spacial score (nSPS) is 21.9. The summed E-state index contributed by atoms with van der Waals surface area (Å²) < 4.78 is 81.4. The summed E-state index contributed by atoms with van der Waals surface area (Å²) in [6.07, 6.45) is -5.11. The number of rotatable bonds is 3. The Bertz CT molecular complexity index is 1340. The smallest absolute Gasteiger partial charge is 0.368 e. The molecule has 180 valence electrons. The van der Waals surface area contributed by atoms with Gasteiger partial charge in [0.2, 0.25) is 0 Å². The fourth-order valence-corrected chi connectivity index (χ4v) is 4.56. The van der Waals surface area contributed by atoms with Crippen molar-refractivity contribution in [3.05, 3.63) is 65.9 Å². The Hall–Kier alpha value is -3.28. The molecule has 0 radical (unpaired) electrons. The highest BCUT2D eigenvalue weighted by Crippen LogP contribution is 2.38. The molecule has 0 unspecified atom stereocenters. The zero-order chi connectivity index (χ0) is 24.3. The second-order valence-corrected chi connectivity index (χ2v) is 8.60. The number of nitrogens with two attached hydrogens (primary N) is 1. The maximum absolute atomic E-state index is 13.1. The van der Waals surface area contributed by atoms with Gasteiger partial charge in [0.15, 0.2) is 11.4 Å². The quantitative estimate of drug-likeness (QED) is 0.393. The van der Waals surface area contributed by atoms with E-state index in [9.17, 15) is 26.3 Å². The Kier molecular flexibility index (Phi) is 5.04. The first-order valence-corrected chi connectivity index (χ1v) is 10.6. The Morgan fingerprint density at radius 2 is 1.35 bits per heavy atom. The molecule has 0 bridgehead atoms. The van der Waals surface area contributed by atoms with E-state index in [1.54, 1.807) is 24.3 Å². The minimum atomic E-state index is -4.56. The van der Waals surface area contributed by atoms with Gasteiger partial charge in [0, 0.05) is 24.1 Å². The van der Waals surface area contributed by atoms with Gasteiger partial charge >= 0.3 is 12.4 Å². The molecule has 0 aliphatic heterocycles. The summed E-state index contributed by atoms with van der Waals surface area (Å²) in [6, 6.07) is 9.54. The molecular formula is C22H20F6N6. The lowest BCUT2D eigenvalue weighted by Crippen LogP contribution is -2.44. The Morgan fingerprint density at radius 3 is 1.94 bits per heavy atom. The molecule has 34 heavy (non-hydrogen) atoms. The van der Waals surface area contributed by atoms with E-state index in [1.807, 2.05) is 0 Å². The minimum absolute atomic E-state index is 0.0771. The molecule has 0 saturated heterocycles. The lowest BCUT2D eigenvalue weighted by molar-refractivity contribution is -0.141. The van der Waals surface area contributed by atoms with Gasteiger partial charge in [-0.15, -0.1) is 0 Å². The fraction of sp³-hybridized carbons (Fsp3) is 0.364. The molecule has 4 heterocycles. The highest BCUT2D eigenvalue weighted by Gasteiger charge is 2.38. The maximum Gasteiger partial charge on any atom is 0.434 e. The molecule has 3 N–H and O–H groups in total. The van der Waals surface area contributed by atoms with E-state index in [1.165, 1.54) is 20.9 Å². The third kappa shape index (κ3) is 3.95. The average molecular weight is 482 g/mol. The van der Waals surface area contributed by atoms with Gasteiger partial charge in [-0.1, -0.05) is 12.1 Å². The number of halogens is 6. The van der Waals surface area contributed by atoms with Gasteiger partial charge < -0.3 is 15.5 Å². The number of anilines is 1. The molecule has 1 aliphatic rings. The predicted molar refractivity (Wildman–Crippen MR) is 112 cm³/mol. The third-order valence-corrected chi connectivity index (χ3v) is 6.31. The highest BCUT2D eigenvalue weighted by atomic mass is 19.4. The van der Waals surface area contributed by atoms with Crippen LogP contribution in [-0.2, 0) is 17.9 Å². The monoisotopic (exact) mass is 482 g/mol. The molecule has 1 fully saturated rings. The van der Waals surface area contributed by atoms with Crippen LogP contribution in [0.15, 0.2) is 48.8 Å². The van der Waals surface area contributed by atoms with Crippen LogP contribution in [0.4, 0.5) is 32.2 Å². The fourth-order valence-electron chi connectivity index (χ4n) is 4.56. The van der Waals surface area contributed by atoms with Crippen molar-refractivity contribution < 1.29 is 26.3 Å². The van der Waals surface area contributed by atoms with E-state index in [0.717, 1.165) is 12.4 Å². The average Bonchev–Trinajstić information content (AvgIpc) is 3.40. The van der Waals surface area contributed by atoms with Gasteiger partial charge in [-0.3, -0.25) is 4.40 Å². The number of hydrogen-bond donors (Lipinski definition) is 2. The van der Waals surface area contributed by atoms with Crippen molar-refractivity contribution in [2.45, 2.75) is 49.6 Å². The van der Waals surface area contributed by atoms with Crippen LogP contribution >= 0.6 is 0 Å². The van der Waals surface area contributed by atoms with Gasteiger partial charge in [0.25, 0.3) is 0 Å². The van der Waals surface area contributed by atoms with E-state index < -0.39 is 29.3 Å². The van der Waals surface area contributed by atoms with Gasteiger partial charge in [0.1, 0.15) is 17.1 Å². The summed E-state index contributed by atoms with van der Waals surface area (Å²) in [7, 11) is 0. The van der Waals surface area contributed by atoms with E-state index in [-0.39, 0.29) is 17.3 Å². The van der Waals surface area contributed by atoms with Crippen LogP contribution in [0.2, 0.25) is 0 Å². The molecular weight excluding hydrogens is 462 g/mol. The first-order chi connectivity index (χ1) is 15.9. The lowest BCUT2D eigenvalue weighted by atomic mass is 9.77. The van der Waals surface area contributed by atoms with Crippen LogP contribution in [0.3, 0.4) is 0 Å². The van der Waals surface area contributed by atoms with Gasteiger partial charge in [-0.2, -0.15) is 26.3 Å². The molecule has 5 rings (SSSR count). The molecule has 1 saturated carbocycles. The summed E-state index contributed by atoms with van der Waals surface area (Å²) in [5, 5.41) is 3.27. The van der Waals surface area contributed by atoms with Crippen molar-refractivity contribution >= 4 is 17.1 Å². The van der Waals surface area contributed by atoms with Crippen molar-refractivity contribution in [3.8, 4) is 0 Å². The first-order valence-electron chi connectivity index (χ1n) is 10.6. The second-order valence-electron chi connectivity index (χ2n) is 8.60. The summed E-state index contributed by atoms with van der Waals surface area (Å²) >= 11 is 0. The summed E-state index contributed by atoms with van der Waals surface area (Å²) in [6.45, 7) is 0. The van der Waals surface area contributed by atoms with Crippen molar-refractivity contribution in [1.82, 2.24) is 18.8 Å². The SMILES string of the molecule is NC1(c2cccc3nc(C(F)(F)F)cn23)CCC(Nc2cccc3nc(C(F)(F)F)cn23)CC1. The maximum atomic E-state index is 13.1. The summed E-state index contributed by atoms with van der Waals surface area (Å²) in [5.74, 6) is 0.474. The van der Waals surface area contributed by atoms with Crippen molar-refractivity contribution in [1.29, 1.82) is 0 Å². The molecule has 0 spiro atoms. The molecule has 0 aromatic carbocycles. The molecule has 1 aliphatic carbocycles. The number of fused-ring (bicyclic) bond motifs is 2. The van der Waals surface area contributed by atoms with Crippen LogP contribution in [0, 0.1) is 0 Å². The van der Waals surface area contributed by atoms with Gasteiger partial charge in [-0.25, -0.2) is 9.97 Å². The topological polar surface area (TPSA) is 72.6 Å². The Balaban J connectivity index is 1.36. The number of alkyl halides is 6. The highest BCUT2D eigenvalue weighted by molar-refractivity contribution is 5.52. The molecule has 0 atom stereocenters. The second kappa shape index (κ2) is 7.62. The molecule has 6 nitrogen and oxygen atoms in total. The largest absolute Gasteiger partial charge is 0.434 e. The number of pyridine rings is 2. The van der Waals surface area contributed by atoms with E-state index >= 15 is 0 Å². The first kappa shape index (κ1) is 22.5. The molecule has 0 amide bonds. The lowest BCUT2D eigenvalue weighted by Gasteiger charge is -2.38. The number of nitrogens with one attached hydrogen (secondary N) is 1.